The number of phenolic OH excluding ortho intramolecular Hbond substituents is 1. The van der Waals surface area contributed by atoms with Gasteiger partial charge in [-0.05, 0) is 74.8 Å². The minimum atomic E-state index is -0.941. The van der Waals surface area contributed by atoms with Gasteiger partial charge in [0.15, 0.2) is 11.5 Å². The number of likely N-dealkylation sites (tertiary alicyclic amines) is 1. The van der Waals surface area contributed by atoms with Gasteiger partial charge >= 0.3 is 0 Å². The first-order chi connectivity index (χ1) is 16.0. The zero-order chi connectivity index (χ0) is 22.4. The number of pyridine rings is 1. The first-order valence-corrected chi connectivity index (χ1v) is 12.2. The van der Waals surface area contributed by atoms with Crippen molar-refractivity contribution in [3.8, 4) is 11.5 Å². The number of nitrogens with zero attached hydrogens (tertiary/aromatic N) is 2. The molecule has 3 N–H and O–H groups in total. The molecule has 1 aromatic heterocycles. The van der Waals surface area contributed by atoms with E-state index in [2.05, 4.69) is 15.2 Å². The molecule has 0 unspecified atom stereocenters. The molecule has 5 atom stereocenters. The van der Waals surface area contributed by atoms with E-state index in [-0.39, 0.29) is 48.6 Å². The van der Waals surface area contributed by atoms with E-state index in [0.29, 0.717) is 24.3 Å². The van der Waals surface area contributed by atoms with Gasteiger partial charge in [0.2, 0.25) is 0 Å². The fourth-order valence-corrected chi connectivity index (χ4v) is 7.37. The predicted octanol–water partition coefficient (Wildman–Crippen LogP) is 2.99. The van der Waals surface area contributed by atoms with E-state index < -0.39 is 17.1 Å². The van der Waals surface area contributed by atoms with Crippen molar-refractivity contribution in [2.75, 3.05) is 13.1 Å². The van der Waals surface area contributed by atoms with Gasteiger partial charge in [0.1, 0.15) is 11.8 Å². The summed E-state index contributed by atoms with van der Waals surface area (Å²) in [5.74, 6) is 1.14. The highest BCUT2D eigenvalue weighted by molar-refractivity contribution is 5.92. The number of benzene rings is 1. The third-order valence-electron chi connectivity index (χ3n) is 8.98. The Bertz CT molecular complexity index is 1150. The number of piperidine rings is 1. The number of carbonyl (C=O) groups is 1. The number of halogens is 2. The summed E-state index contributed by atoms with van der Waals surface area (Å²) in [6, 6.07) is 8.78. The molecule has 2 saturated carbocycles. The molecule has 188 valence electrons. The quantitative estimate of drug-likeness (QED) is 0.574. The van der Waals surface area contributed by atoms with E-state index in [1.54, 1.807) is 30.5 Å². The first kappa shape index (κ1) is 24.6. The predicted molar refractivity (Wildman–Crippen MR) is 135 cm³/mol. The van der Waals surface area contributed by atoms with Gasteiger partial charge in [0.25, 0.3) is 5.91 Å². The summed E-state index contributed by atoms with van der Waals surface area (Å²) in [7, 11) is 0. The average Bonchev–Trinajstić information content (AvgIpc) is 3.56. The number of aromatic nitrogens is 1. The summed E-state index contributed by atoms with van der Waals surface area (Å²) in [5.41, 5.74) is 0.949. The number of aliphatic hydroxyl groups is 1. The minimum Gasteiger partial charge on any atom is -0.504 e. The average molecular weight is 520 g/mol. The zero-order valence-corrected chi connectivity index (χ0v) is 21.0. The van der Waals surface area contributed by atoms with Gasteiger partial charge in [0, 0.05) is 24.3 Å². The number of amides is 1. The Kier molecular flexibility index (Phi) is 5.99. The molecule has 2 aromatic rings. The second-order valence-electron chi connectivity index (χ2n) is 10.6. The Hall–Kier alpha value is -2.06. The summed E-state index contributed by atoms with van der Waals surface area (Å²) >= 11 is 0. The lowest BCUT2D eigenvalue weighted by atomic mass is 9.48. The monoisotopic (exact) mass is 519 g/mol. The summed E-state index contributed by atoms with van der Waals surface area (Å²) in [6.07, 6.45) is 6.52. The Balaban J connectivity index is 0.00000127. The normalized spacial score (nSPS) is 34.0. The van der Waals surface area contributed by atoms with Crippen LogP contribution in [0.4, 0.5) is 0 Å². The number of phenols is 1. The van der Waals surface area contributed by atoms with E-state index in [9.17, 15) is 15.0 Å². The number of hydrogen-bond donors (Lipinski definition) is 3. The molecule has 7 rings (SSSR count). The van der Waals surface area contributed by atoms with Gasteiger partial charge in [-0.1, -0.05) is 12.1 Å². The van der Waals surface area contributed by atoms with Crippen molar-refractivity contribution in [2.45, 2.75) is 67.7 Å². The van der Waals surface area contributed by atoms with Crippen molar-refractivity contribution in [2.24, 2.45) is 5.92 Å². The topological polar surface area (TPSA) is 94.9 Å². The molecule has 1 aromatic carbocycles. The number of aromatic hydroxyl groups is 1. The molecule has 2 bridgehead atoms. The SMILES string of the molecule is Cl.Cl.O=C(N[C@H]1CC[C@@]2(O)[C@H]3Cc4ccc(O)c5c4[C@@]2(CCN3CC2CC2)[C@H]1O5)c1ccccn1. The highest BCUT2D eigenvalue weighted by Gasteiger charge is 2.73. The lowest BCUT2D eigenvalue weighted by Crippen LogP contribution is -2.78. The number of carbonyl (C=O) groups excluding carboxylic acids is 1. The molecule has 1 saturated heterocycles. The highest BCUT2D eigenvalue weighted by Crippen LogP contribution is 2.65. The third kappa shape index (κ3) is 3.31. The van der Waals surface area contributed by atoms with E-state index in [4.69, 9.17) is 4.74 Å². The number of hydrogen-bond acceptors (Lipinski definition) is 6. The smallest absolute Gasteiger partial charge is 0.270 e. The van der Waals surface area contributed by atoms with Crippen molar-refractivity contribution in [3.05, 3.63) is 53.3 Å². The Morgan fingerprint density at radius 3 is 2.74 bits per heavy atom. The Morgan fingerprint density at radius 1 is 1.17 bits per heavy atom. The summed E-state index contributed by atoms with van der Waals surface area (Å²) in [5, 5.41) is 26.3. The summed E-state index contributed by atoms with van der Waals surface area (Å²) in [4.78, 5) is 19.7. The maximum Gasteiger partial charge on any atom is 0.270 e. The van der Waals surface area contributed by atoms with Crippen LogP contribution in [0.5, 0.6) is 11.5 Å². The minimum absolute atomic E-state index is 0. The first-order valence-electron chi connectivity index (χ1n) is 12.2. The molecule has 3 heterocycles. The molecular formula is C26H31Cl2N3O4. The second kappa shape index (κ2) is 8.51. The maximum atomic E-state index is 13.0. The van der Waals surface area contributed by atoms with Crippen molar-refractivity contribution < 1.29 is 19.7 Å². The molecule has 7 nitrogen and oxygen atoms in total. The number of nitrogens with one attached hydrogen (secondary N) is 1. The van der Waals surface area contributed by atoms with Gasteiger partial charge in [-0.25, -0.2) is 0 Å². The molecule has 2 aliphatic heterocycles. The van der Waals surface area contributed by atoms with Crippen LogP contribution in [0.15, 0.2) is 36.5 Å². The maximum absolute atomic E-state index is 13.0. The van der Waals surface area contributed by atoms with Crippen LogP contribution < -0.4 is 10.1 Å². The highest BCUT2D eigenvalue weighted by atomic mass is 35.5. The van der Waals surface area contributed by atoms with Crippen LogP contribution in [0.25, 0.3) is 0 Å². The molecule has 9 heteroatoms. The van der Waals surface area contributed by atoms with Crippen LogP contribution in [0, 0.1) is 5.92 Å². The summed E-state index contributed by atoms with van der Waals surface area (Å²) in [6.45, 7) is 1.95. The van der Waals surface area contributed by atoms with E-state index in [1.165, 1.54) is 12.8 Å². The Morgan fingerprint density at radius 2 is 2.00 bits per heavy atom. The molecule has 5 aliphatic rings. The molecule has 35 heavy (non-hydrogen) atoms. The van der Waals surface area contributed by atoms with Crippen molar-refractivity contribution in [1.82, 2.24) is 15.2 Å². The van der Waals surface area contributed by atoms with Crippen molar-refractivity contribution in [1.29, 1.82) is 0 Å². The van der Waals surface area contributed by atoms with Gasteiger partial charge in [-0.2, -0.15) is 0 Å². The van der Waals surface area contributed by atoms with Crippen LogP contribution in [-0.4, -0.2) is 62.9 Å². The third-order valence-corrected chi connectivity index (χ3v) is 8.98. The molecular weight excluding hydrogens is 489 g/mol. The van der Waals surface area contributed by atoms with Crippen molar-refractivity contribution >= 4 is 30.7 Å². The standard InChI is InChI=1S/C26H29N3O4.2ClH/c30-19-7-6-16-13-20-26(32)9-8-17(28-24(31)18-3-1-2-11-27-18)23-25(26,21(16)22(19)33-23)10-12-29(20)14-15-4-5-15;;/h1-3,6-7,11,15,17,20,23,30,32H,4-5,8-10,12-14H2,(H,28,31);2*1H/t17-,20+,23-,25-,26+;;/m0../s1. The number of rotatable bonds is 4. The molecule has 3 fully saturated rings. The van der Waals surface area contributed by atoms with Gasteiger partial charge in [0.05, 0.1) is 17.1 Å². The molecule has 3 aliphatic carbocycles. The van der Waals surface area contributed by atoms with E-state index in [1.807, 2.05) is 6.07 Å². The lowest BCUT2D eigenvalue weighted by molar-refractivity contribution is -0.191. The van der Waals surface area contributed by atoms with Crippen molar-refractivity contribution in [3.63, 3.8) is 0 Å². The van der Waals surface area contributed by atoms with Crippen LogP contribution in [0.3, 0.4) is 0 Å². The second-order valence-corrected chi connectivity index (χ2v) is 10.6. The van der Waals surface area contributed by atoms with E-state index >= 15 is 0 Å². The lowest BCUT2D eigenvalue weighted by Gasteiger charge is -2.64. The molecule has 0 radical (unpaired) electrons. The van der Waals surface area contributed by atoms with Crippen LogP contribution in [-0.2, 0) is 11.8 Å². The van der Waals surface area contributed by atoms with Gasteiger partial charge in [-0.3, -0.25) is 14.7 Å². The summed E-state index contributed by atoms with van der Waals surface area (Å²) < 4.78 is 6.49. The van der Waals surface area contributed by atoms with Crippen LogP contribution in [0.1, 0.15) is 53.7 Å². The Labute approximate surface area is 217 Å². The largest absolute Gasteiger partial charge is 0.504 e. The fraction of sp³-hybridized carbons (Fsp3) is 0.538. The number of ether oxygens (including phenoxy) is 1. The van der Waals surface area contributed by atoms with Crippen LogP contribution in [0.2, 0.25) is 0 Å². The van der Waals surface area contributed by atoms with Crippen LogP contribution >= 0.6 is 24.8 Å². The molecule has 1 spiro atoms. The fourth-order valence-electron chi connectivity index (χ4n) is 7.37. The van der Waals surface area contributed by atoms with E-state index in [0.717, 1.165) is 43.0 Å². The zero-order valence-electron chi connectivity index (χ0n) is 19.4. The molecule has 1 amide bonds. The van der Waals surface area contributed by atoms with Gasteiger partial charge in [-0.15, -0.1) is 24.8 Å². The van der Waals surface area contributed by atoms with Gasteiger partial charge < -0.3 is 20.3 Å².